The lowest BCUT2D eigenvalue weighted by Crippen LogP contribution is -2.27. The number of nitriles is 1. The van der Waals surface area contributed by atoms with Gasteiger partial charge >= 0.3 is 0 Å². The van der Waals surface area contributed by atoms with Crippen molar-refractivity contribution < 1.29 is 14.0 Å². The summed E-state index contributed by atoms with van der Waals surface area (Å²) >= 11 is 13.2. The molecule has 1 N–H and O–H groups in total. The van der Waals surface area contributed by atoms with E-state index in [9.17, 15) is 19.2 Å². The van der Waals surface area contributed by atoms with E-state index in [1.54, 1.807) is 31.2 Å². The Balaban J connectivity index is 1.95. The van der Waals surface area contributed by atoms with Crippen LogP contribution in [0.3, 0.4) is 0 Å². The number of ketones is 2. The van der Waals surface area contributed by atoms with Crippen molar-refractivity contribution in [3.8, 4) is 6.07 Å². The molecule has 0 aromatic heterocycles. The molecule has 3 rings (SSSR count). The molecule has 0 radical (unpaired) electrons. The fourth-order valence-corrected chi connectivity index (χ4v) is 4.90. The van der Waals surface area contributed by atoms with Crippen LogP contribution in [0.25, 0.3) is 0 Å². The summed E-state index contributed by atoms with van der Waals surface area (Å²) in [6.45, 7) is 3.16. The molecule has 0 saturated carbocycles. The summed E-state index contributed by atoms with van der Waals surface area (Å²) in [5.41, 5.74) is 2.26. The molecule has 0 saturated heterocycles. The summed E-state index contributed by atoms with van der Waals surface area (Å²) in [5.74, 6) is -1.46. The third-order valence-corrected chi connectivity index (χ3v) is 6.37. The van der Waals surface area contributed by atoms with Crippen LogP contribution in [-0.4, -0.2) is 17.3 Å². The molecule has 0 fully saturated rings. The Morgan fingerprint density at radius 3 is 2.45 bits per heavy atom. The highest BCUT2D eigenvalue weighted by atomic mass is 35.5. The molecule has 1 atom stereocenters. The molecule has 0 amide bonds. The predicted molar refractivity (Wildman–Crippen MR) is 122 cm³/mol. The molecule has 1 heterocycles. The molecule has 0 bridgehead atoms. The Morgan fingerprint density at radius 2 is 1.87 bits per heavy atom. The first-order chi connectivity index (χ1) is 14.7. The van der Waals surface area contributed by atoms with Gasteiger partial charge in [0.15, 0.2) is 11.6 Å². The van der Waals surface area contributed by atoms with Gasteiger partial charge in [0, 0.05) is 21.9 Å². The second kappa shape index (κ2) is 9.69. The van der Waals surface area contributed by atoms with E-state index in [2.05, 4.69) is 11.4 Å². The van der Waals surface area contributed by atoms with Crippen molar-refractivity contribution >= 4 is 46.5 Å². The van der Waals surface area contributed by atoms with E-state index in [1.807, 2.05) is 0 Å². The van der Waals surface area contributed by atoms with Crippen molar-refractivity contribution in [1.82, 2.24) is 5.32 Å². The number of carbonyl (C=O) groups is 2. The van der Waals surface area contributed by atoms with Gasteiger partial charge in [0.25, 0.3) is 0 Å². The van der Waals surface area contributed by atoms with Gasteiger partial charge in [-0.1, -0.05) is 47.1 Å². The fraction of sp³-hybridized carbons (Fsp3) is 0.174. The lowest BCUT2D eigenvalue weighted by Gasteiger charge is -2.29. The zero-order valence-electron chi connectivity index (χ0n) is 16.6. The minimum Gasteiger partial charge on any atom is -0.353 e. The summed E-state index contributed by atoms with van der Waals surface area (Å²) in [5, 5.41) is 14.1. The number of thioether (sulfide) groups is 1. The number of hydrogen-bond acceptors (Lipinski definition) is 5. The molecule has 4 nitrogen and oxygen atoms in total. The Hall–Kier alpha value is -2.59. The summed E-state index contributed by atoms with van der Waals surface area (Å²) in [6.07, 6.45) is 0. The molecule has 0 aliphatic carbocycles. The van der Waals surface area contributed by atoms with Crippen LogP contribution in [-0.2, 0) is 4.79 Å². The minimum atomic E-state index is -0.652. The van der Waals surface area contributed by atoms with Crippen molar-refractivity contribution in [3.05, 3.63) is 91.3 Å². The molecule has 31 heavy (non-hydrogen) atoms. The first-order valence-electron chi connectivity index (χ1n) is 9.22. The zero-order valence-corrected chi connectivity index (χ0v) is 19.0. The number of dihydropyridines is 1. The van der Waals surface area contributed by atoms with Crippen LogP contribution in [0.15, 0.2) is 64.3 Å². The minimum absolute atomic E-state index is 0.0215. The average molecular weight is 475 g/mol. The highest BCUT2D eigenvalue weighted by Gasteiger charge is 2.33. The maximum Gasteiger partial charge on any atom is 0.174 e. The van der Waals surface area contributed by atoms with Crippen molar-refractivity contribution in [3.63, 3.8) is 0 Å². The summed E-state index contributed by atoms with van der Waals surface area (Å²) in [4.78, 5) is 25.0. The predicted octanol–water partition coefficient (Wildman–Crippen LogP) is 6.03. The number of Topliss-reactive ketones (excluding diaryl/α,β-unsaturated/α-hetero) is 2. The van der Waals surface area contributed by atoms with E-state index in [4.69, 9.17) is 23.2 Å². The van der Waals surface area contributed by atoms with Crippen molar-refractivity contribution in [1.29, 1.82) is 5.26 Å². The van der Waals surface area contributed by atoms with Gasteiger partial charge in [0.1, 0.15) is 5.82 Å². The monoisotopic (exact) mass is 474 g/mol. The number of hydrogen-bond donors (Lipinski definition) is 1. The van der Waals surface area contributed by atoms with Crippen LogP contribution in [0.1, 0.15) is 35.7 Å². The standard InChI is InChI=1S/C23H17Cl2FN2O2S/c1-12-21(13(2)29)22(14-3-6-16(26)7-4-14)18(10-27)23(28-12)31-11-20(30)17-8-5-15(24)9-19(17)25/h3-9,22,28H,11H2,1-2H3/t22-/m0/s1. The molecule has 0 spiro atoms. The maximum absolute atomic E-state index is 13.4. The first kappa shape index (κ1) is 23.1. The van der Waals surface area contributed by atoms with E-state index in [0.29, 0.717) is 38.0 Å². The second-order valence-electron chi connectivity index (χ2n) is 6.90. The Kier molecular flexibility index (Phi) is 7.22. The quantitative estimate of drug-likeness (QED) is 0.517. The Labute approximate surface area is 193 Å². The van der Waals surface area contributed by atoms with Gasteiger partial charge in [-0.2, -0.15) is 5.26 Å². The number of rotatable bonds is 6. The number of nitrogens with zero attached hydrogens (tertiary/aromatic N) is 1. The lowest BCUT2D eigenvalue weighted by atomic mass is 9.81. The number of allylic oxidation sites excluding steroid dienone is 3. The van der Waals surface area contributed by atoms with Gasteiger partial charge in [-0.3, -0.25) is 9.59 Å². The third kappa shape index (κ3) is 5.01. The van der Waals surface area contributed by atoms with Crippen LogP contribution < -0.4 is 5.32 Å². The normalized spacial score (nSPS) is 16.1. The van der Waals surface area contributed by atoms with Gasteiger partial charge in [-0.15, -0.1) is 0 Å². The zero-order chi connectivity index (χ0) is 22.7. The molecule has 0 unspecified atom stereocenters. The van der Waals surface area contributed by atoms with Gasteiger partial charge in [0.05, 0.1) is 33.4 Å². The molecule has 2 aromatic rings. The van der Waals surface area contributed by atoms with Crippen molar-refractivity contribution in [2.45, 2.75) is 19.8 Å². The van der Waals surface area contributed by atoms with Crippen molar-refractivity contribution in [2.24, 2.45) is 0 Å². The summed E-state index contributed by atoms with van der Waals surface area (Å²) < 4.78 is 13.4. The van der Waals surface area contributed by atoms with Crippen LogP contribution >= 0.6 is 35.0 Å². The SMILES string of the molecule is CC(=O)C1=C(C)NC(SCC(=O)c2ccc(Cl)cc2Cl)=C(C#N)[C@@H]1c1ccc(F)cc1. The van der Waals surface area contributed by atoms with Crippen LogP contribution in [0.2, 0.25) is 10.0 Å². The highest BCUT2D eigenvalue weighted by Crippen LogP contribution is 2.41. The van der Waals surface area contributed by atoms with E-state index in [1.165, 1.54) is 25.1 Å². The molecule has 1 aliphatic heterocycles. The average Bonchev–Trinajstić information content (AvgIpc) is 2.71. The molecule has 158 valence electrons. The van der Waals surface area contributed by atoms with Gasteiger partial charge in [-0.05, 0) is 49.7 Å². The summed E-state index contributed by atoms with van der Waals surface area (Å²) in [6, 6.07) is 12.5. The highest BCUT2D eigenvalue weighted by molar-refractivity contribution is 8.03. The topological polar surface area (TPSA) is 70.0 Å². The second-order valence-corrected chi connectivity index (χ2v) is 8.72. The maximum atomic E-state index is 13.4. The smallest absolute Gasteiger partial charge is 0.174 e. The number of halogens is 3. The van der Waals surface area contributed by atoms with Crippen LogP contribution in [0.4, 0.5) is 4.39 Å². The molecular formula is C23H17Cl2FN2O2S. The third-order valence-electron chi connectivity index (χ3n) is 4.81. The van der Waals surface area contributed by atoms with Gasteiger partial charge < -0.3 is 5.32 Å². The van der Waals surface area contributed by atoms with Gasteiger partial charge in [0.2, 0.25) is 0 Å². The lowest BCUT2D eigenvalue weighted by molar-refractivity contribution is -0.113. The number of nitrogens with one attached hydrogen (secondary N) is 1. The van der Waals surface area contributed by atoms with Crippen molar-refractivity contribution in [2.75, 3.05) is 5.75 Å². The number of carbonyl (C=O) groups excluding carboxylic acids is 2. The Morgan fingerprint density at radius 1 is 1.19 bits per heavy atom. The number of benzene rings is 2. The Bertz CT molecular complexity index is 1170. The molecule has 2 aromatic carbocycles. The van der Waals surface area contributed by atoms with E-state index >= 15 is 0 Å². The van der Waals surface area contributed by atoms with Crippen LogP contribution in [0, 0.1) is 17.1 Å². The van der Waals surface area contributed by atoms with E-state index in [0.717, 1.165) is 11.8 Å². The fourth-order valence-electron chi connectivity index (χ4n) is 3.41. The van der Waals surface area contributed by atoms with E-state index < -0.39 is 11.7 Å². The van der Waals surface area contributed by atoms with Crippen LogP contribution in [0.5, 0.6) is 0 Å². The molecule has 1 aliphatic rings. The molecule has 8 heteroatoms. The molecular weight excluding hydrogens is 458 g/mol. The summed E-state index contributed by atoms with van der Waals surface area (Å²) in [7, 11) is 0. The largest absolute Gasteiger partial charge is 0.353 e. The first-order valence-corrected chi connectivity index (χ1v) is 11.0. The van der Waals surface area contributed by atoms with E-state index in [-0.39, 0.29) is 22.3 Å². The van der Waals surface area contributed by atoms with Gasteiger partial charge in [-0.25, -0.2) is 4.39 Å².